The minimum absolute atomic E-state index is 0.102. The molecule has 0 N–H and O–H groups in total. The largest absolute Gasteiger partial charge is 0.444 e. The summed E-state index contributed by atoms with van der Waals surface area (Å²) in [7, 11) is 0. The molecule has 6 nitrogen and oxygen atoms in total. The lowest BCUT2D eigenvalue weighted by Crippen LogP contribution is -2.36. The number of halogens is 2. The van der Waals surface area contributed by atoms with E-state index in [4.69, 9.17) is 16.3 Å². The van der Waals surface area contributed by atoms with E-state index in [9.17, 15) is 9.59 Å². The van der Waals surface area contributed by atoms with Crippen LogP contribution < -0.4 is 0 Å². The highest BCUT2D eigenvalue weighted by Crippen LogP contribution is 2.62. The topological polar surface area (TPSA) is 64.4 Å². The predicted molar refractivity (Wildman–Crippen MR) is 118 cm³/mol. The number of nitrogens with zero attached hydrogens (tertiary/aromatic N) is 3. The van der Waals surface area contributed by atoms with Crippen LogP contribution in [0.15, 0.2) is 0 Å². The van der Waals surface area contributed by atoms with Crippen molar-refractivity contribution in [2.75, 3.05) is 13.1 Å². The smallest absolute Gasteiger partial charge is 0.410 e. The van der Waals surface area contributed by atoms with Gasteiger partial charge in [-0.05, 0) is 69.8 Å². The van der Waals surface area contributed by atoms with E-state index in [-0.39, 0.29) is 41.0 Å². The molecule has 3 saturated carbocycles. The van der Waals surface area contributed by atoms with Crippen LogP contribution in [-0.2, 0) is 4.74 Å². The van der Waals surface area contributed by atoms with Gasteiger partial charge in [0, 0.05) is 30.4 Å². The summed E-state index contributed by atoms with van der Waals surface area (Å²) >= 11 is 6.22. The van der Waals surface area contributed by atoms with Crippen LogP contribution in [0.1, 0.15) is 86.1 Å². The summed E-state index contributed by atoms with van der Waals surface area (Å²) in [4.78, 5) is 31.1. The van der Waals surface area contributed by atoms with Crippen molar-refractivity contribution < 1.29 is 18.7 Å². The first-order chi connectivity index (χ1) is 15.2. The Morgan fingerprint density at radius 3 is 2.38 bits per heavy atom. The number of aromatic nitrogens is 2. The second-order valence-corrected chi connectivity index (χ2v) is 11.2. The monoisotopic (exact) mass is 459 g/mol. The highest BCUT2D eigenvalue weighted by atomic mass is 35.5. The maximum atomic E-state index is 15.3. The van der Waals surface area contributed by atoms with E-state index >= 15 is 4.39 Å². The number of likely N-dealkylation sites (tertiary alicyclic amines) is 1. The molecule has 8 heteroatoms. The summed E-state index contributed by atoms with van der Waals surface area (Å²) in [5.41, 5.74) is 2.28. The van der Waals surface area contributed by atoms with Crippen LogP contribution in [-0.4, -0.2) is 45.5 Å². The number of hydrogen-bond donors (Lipinski definition) is 0. The molecule has 3 heterocycles. The SMILES string of the molecule is CC(C)(C)OC(=O)N1C[C@@H]2C(c3c(C=O)n(C4CC4)c4c(F)c(Cl)nc(C5CC5)c34)[C@@H]2C1. The molecule has 2 aromatic rings. The van der Waals surface area contributed by atoms with E-state index in [2.05, 4.69) is 4.98 Å². The Hall–Kier alpha value is -2.15. The van der Waals surface area contributed by atoms with Gasteiger partial charge in [0.2, 0.25) is 0 Å². The van der Waals surface area contributed by atoms with Crippen molar-refractivity contribution in [1.82, 2.24) is 14.5 Å². The molecular weight excluding hydrogens is 433 g/mol. The molecule has 1 amide bonds. The van der Waals surface area contributed by atoms with Crippen molar-refractivity contribution in [2.24, 2.45) is 11.8 Å². The quantitative estimate of drug-likeness (QED) is 0.451. The van der Waals surface area contributed by atoms with Gasteiger partial charge in [-0.25, -0.2) is 14.2 Å². The number of amides is 1. The fourth-order valence-electron chi connectivity index (χ4n) is 5.66. The number of rotatable bonds is 4. The first-order valence-electron chi connectivity index (χ1n) is 11.6. The third kappa shape index (κ3) is 3.07. The lowest BCUT2D eigenvalue weighted by molar-refractivity contribution is 0.0271. The lowest BCUT2D eigenvalue weighted by Gasteiger charge is -2.26. The van der Waals surface area contributed by atoms with Gasteiger partial charge in [-0.1, -0.05) is 11.6 Å². The van der Waals surface area contributed by atoms with Gasteiger partial charge in [-0.2, -0.15) is 0 Å². The number of carbonyl (C=O) groups excluding carboxylic acids is 2. The average Bonchev–Trinajstić information content (AvgIpc) is 3.65. The minimum atomic E-state index is -0.534. The lowest BCUT2D eigenvalue weighted by atomic mass is 10.00. The Bertz CT molecular complexity index is 1150. The molecule has 0 radical (unpaired) electrons. The summed E-state index contributed by atoms with van der Waals surface area (Å²) in [6.45, 7) is 6.78. The Morgan fingerprint density at radius 2 is 1.84 bits per heavy atom. The zero-order chi connectivity index (χ0) is 22.5. The summed E-state index contributed by atoms with van der Waals surface area (Å²) in [5.74, 6) is 0.404. The van der Waals surface area contributed by atoms with Crippen molar-refractivity contribution >= 4 is 34.9 Å². The number of fused-ring (bicyclic) bond motifs is 2. The normalized spacial score (nSPS) is 27.0. The van der Waals surface area contributed by atoms with Gasteiger partial charge in [-0.15, -0.1) is 0 Å². The molecule has 4 aliphatic rings. The van der Waals surface area contributed by atoms with Crippen molar-refractivity contribution in [2.45, 2.75) is 69.9 Å². The van der Waals surface area contributed by atoms with Crippen LogP contribution in [0.4, 0.5) is 9.18 Å². The number of hydrogen-bond acceptors (Lipinski definition) is 4. The van der Waals surface area contributed by atoms with E-state index in [0.717, 1.165) is 48.6 Å². The van der Waals surface area contributed by atoms with E-state index in [1.807, 2.05) is 25.3 Å². The van der Waals surface area contributed by atoms with E-state index in [1.165, 1.54) is 0 Å². The zero-order valence-corrected chi connectivity index (χ0v) is 19.3. The Balaban J connectivity index is 1.42. The predicted octanol–water partition coefficient (Wildman–Crippen LogP) is 5.43. The van der Waals surface area contributed by atoms with Crippen LogP contribution in [0.25, 0.3) is 10.9 Å². The number of ether oxygens (including phenoxy) is 1. The van der Waals surface area contributed by atoms with Gasteiger partial charge in [0.05, 0.1) is 16.9 Å². The third-order valence-electron chi connectivity index (χ3n) is 7.31. The van der Waals surface area contributed by atoms with E-state index < -0.39 is 11.4 Å². The molecule has 0 spiro atoms. The molecule has 3 atom stereocenters. The highest BCUT2D eigenvalue weighted by Gasteiger charge is 2.60. The molecule has 4 fully saturated rings. The highest BCUT2D eigenvalue weighted by molar-refractivity contribution is 6.30. The van der Waals surface area contributed by atoms with Crippen molar-refractivity contribution in [1.29, 1.82) is 0 Å². The summed E-state index contributed by atoms with van der Waals surface area (Å²) in [6.07, 6.45) is 4.49. The molecule has 3 aliphatic carbocycles. The molecule has 1 aliphatic heterocycles. The van der Waals surface area contributed by atoms with Crippen LogP contribution >= 0.6 is 11.6 Å². The van der Waals surface area contributed by atoms with Crippen molar-refractivity contribution in [3.8, 4) is 0 Å². The fourth-order valence-corrected chi connectivity index (χ4v) is 5.84. The first-order valence-corrected chi connectivity index (χ1v) is 11.9. The van der Waals surface area contributed by atoms with Gasteiger partial charge in [0.1, 0.15) is 5.60 Å². The second-order valence-electron chi connectivity index (χ2n) is 10.9. The molecule has 6 rings (SSSR count). The number of aldehydes is 1. The Labute approximate surface area is 191 Å². The van der Waals surface area contributed by atoms with Crippen molar-refractivity contribution in [3.63, 3.8) is 0 Å². The van der Waals surface area contributed by atoms with Crippen LogP contribution in [0.3, 0.4) is 0 Å². The molecule has 2 aromatic heterocycles. The summed E-state index contributed by atoms with van der Waals surface area (Å²) in [5, 5.41) is 0.710. The number of pyridine rings is 1. The zero-order valence-electron chi connectivity index (χ0n) is 18.5. The maximum absolute atomic E-state index is 15.3. The van der Waals surface area contributed by atoms with E-state index in [0.29, 0.717) is 24.3 Å². The second kappa shape index (κ2) is 6.69. The maximum Gasteiger partial charge on any atom is 0.410 e. The average molecular weight is 460 g/mol. The standard InChI is InChI=1S/C24H27ClFN3O3/c1-24(2,3)32-23(31)28-8-13-14(9-28)16(13)17-15(10-30)29(12-6-7-12)21-18(17)20(11-4-5-11)27-22(25)19(21)26/h10-14,16H,4-9H2,1-3H3/t13-,14+,16?. The molecule has 0 aromatic carbocycles. The van der Waals surface area contributed by atoms with Gasteiger partial charge < -0.3 is 14.2 Å². The summed E-state index contributed by atoms with van der Waals surface area (Å²) < 4.78 is 22.8. The number of piperidine rings is 1. The van der Waals surface area contributed by atoms with Gasteiger partial charge >= 0.3 is 6.09 Å². The third-order valence-corrected chi connectivity index (χ3v) is 7.56. The summed E-state index contributed by atoms with van der Waals surface area (Å²) in [6, 6.07) is 0.142. The van der Waals surface area contributed by atoms with Crippen molar-refractivity contribution in [3.05, 3.63) is 27.9 Å². The minimum Gasteiger partial charge on any atom is -0.444 e. The Kier molecular flexibility index (Phi) is 4.27. The molecular formula is C24H27ClFN3O3. The van der Waals surface area contributed by atoms with E-state index in [1.54, 1.807) is 4.90 Å². The molecule has 0 bridgehead atoms. The number of carbonyl (C=O) groups is 2. The molecule has 1 saturated heterocycles. The van der Waals surface area contributed by atoms with Gasteiger partial charge in [-0.3, -0.25) is 4.79 Å². The Morgan fingerprint density at radius 1 is 1.19 bits per heavy atom. The van der Waals surface area contributed by atoms with Crippen LogP contribution in [0, 0.1) is 17.7 Å². The molecule has 32 heavy (non-hydrogen) atoms. The van der Waals surface area contributed by atoms with Crippen LogP contribution in [0.5, 0.6) is 0 Å². The fraction of sp³-hybridized carbons (Fsp3) is 0.625. The van der Waals surface area contributed by atoms with Crippen LogP contribution in [0.2, 0.25) is 5.15 Å². The first kappa shape index (κ1) is 20.5. The van der Waals surface area contributed by atoms with Gasteiger partial charge in [0.25, 0.3) is 0 Å². The molecule has 1 unspecified atom stereocenters. The van der Waals surface area contributed by atoms with Gasteiger partial charge in [0.15, 0.2) is 17.3 Å². The molecule has 170 valence electrons.